The normalized spacial score (nSPS) is 10.4. The molecule has 0 aliphatic rings. The summed E-state index contributed by atoms with van der Waals surface area (Å²) in [6, 6.07) is 7.31. The molecule has 1 heterocycles. The maximum atomic E-state index is 11.1. The number of aryl methyl sites for hydroxylation is 2. The predicted molar refractivity (Wildman–Crippen MR) is 68.6 cm³/mol. The molecule has 7 heteroatoms. The van der Waals surface area contributed by atoms with Crippen LogP contribution >= 0.6 is 0 Å². The van der Waals surface area contributed by atoms with Crippen LogP contribution in [0.2, 0.25) is 0 Å². The van der Waals surface area contributed by atoms with Gasteiger partial charge < -0.3 is 4.57 Å². The van der Waals surface area contributed by atoms with Crippen molar-refractivity contribution < 1.29 is 9.85 Å². The van der Waals surface area contributed by atoms with E-state index in [1.54, 1.807) is 4.57 Å². The minimum Gasteiger partial charge on any atom is -0.313 e. The second-order valence-electron chi connectivity index (χ2n) is 4.14. The van der Waals surface area contributed by atoms with Crippen molar-refractivity contribution in [1.29, 1.82) is 0 Å². The SMILES string of the molecule is Cc1ccc(C)n1-c1ccc([N+](=O)[O-])cc1[N+](=O)[O-]. The third kappa shape index (κ3) is 2.17. The summed E-state index contributed by atoms with van der Waals surface area (Å²) in [6.45, 7) is 3.64. The van der Waals surface area contributed by atoms with E-state index in [-0.39, 0.29) is 11.4 Å². The van der Waals surface area contributed by atoms with Gasteiger partial charge in [-0.05, 0) is 32.0 Å². The van der Waals surface area contributed by atoms with Crippen molar-refractivity contribution in [2.75, 3.05) is 0 Å². The van der Waals surface area contributed by atoms with Gasteiger partial charge in [0.15, 0.2) is 0 Å². The van der Waals surface area contributed by atoms with Crippen LogP contribution in [0.4, 0.5) is 11.4 Å². The number of hydrogen-bond acceptors (Lipinski definition) is 4. The third-order valence-corrected chi connectivity index (χ3v) is 2.88. The average Bonchev–Trinajstić information content (AvgIpc) is 2.68. The molecular formula is C12H11N3O4. The van der Waals surface area contributed by atoms with Gasteiger partial charge in [0.2, 0.25) is 0 Å². The van der Waals surface area contributed by atoms with Crippen LogP contribution in [0.15, 0.2) is 30.3 Å². The Hall–Kier alpha value is -2.70. The summed E-state index contributed by atoms with van der Waals surface area (Å²) >= 11 is 0. The molecule has 1 aromatic heterocycles. The Bertz CT molecular complexity index is 656. The molecule has 98 valence electrons. The van der Waals surface area contributed by atoms with E-state index in [4.69, 9.17) is 0 Å². The Labute approximate surface area is 108 Å². The average molecular weight is 261 g/mol. The van der Waals surface area contributed by atoms with Gasteiger partial charge in [-0.2, -0.15) is 0 Å². The van der Waals surface area contributed by atoms with Crippen molar-refractivity contribution in [2.45, 2.75) is 13.8 Å². The van der Waals surface area contributed by atoms with E-state index in [9.17, 15) is 20.2 Å². The highest BCUT2D eigenvalue weighted by molar-refractivity contribution is 5.59. The van der Waals surface area contributed by atoms with Crippen molar-refractivity contribution in [3.8, 4) is 5.69 Å². The van der Waals surface area contributed by atoms with Crippen molar-refractivity contribution in [3.63, 3.8) is 0 Å². The van der Waals surface area contributed by atoms with Crippen LogP contribution in [-0.4, -0.2) is 14.4 Å². The van der Waals surface area contributed by atoms with E-state index in [1.807, 2.05) is 26.0 Å². The summed E-state index contributed by atoms with van der Waals surface area (Å²) in [5.74, 6) is 0. The van der Waals surface area contributed by atoms with E-state index in [0.717, 1.165) is 17.5 Å². The number of rotatable bonds is 3. The molecular weight excluding hydrogens is 250 g/mol. The number of nitrogens with zero attached hydrogens (tertiary/aromatic N) is 3. The van der Waals surface area contributed by atoms with Crippen LogP contribution in [0, 0.1) is 34.1 Å². The molecule has 0 amide bonds. The maximum absolute atomic E-state index is 11.1. The first-order valence-electron chi connectivity index (χ1n) is 5.50. The number of non-ortho nitro benzene ring substituents is 1. The van der Waals surface area contributed by atoms with Gasteiger partial charge in [0.25, 0.3) is 11.4 Å². The molecule has 0 radical (unpaired) electrons. The molecule has 0 fully saturated rings. The number of aromatic nitrogens is 1. The zero-order valence-corrected chi connectivity index (χ0v) is 10.4. The molecule has 1 aromatic carbocycles. The van der Waals surface area contributed by atoms with E-state index in [2.05, 4.69) is 0 Å². The van der Waals surface area contributed by atoms with Crippen LogP contribution in [0.25, 0.3) is 5.69 Å². The van der Waals surface area contributed by atoms with Gasteiger partial charge in [0.05, 0.1) is 15.9 Å². The second kappa shape index (κ2) is 4.52. The standard InChI is InChI=1S/C12H11N3O4/c1-8-3-4-9(2)13(8)11-6-5-10(14(16)17)7-12(11)15(18)19/h3-7H,1-2H3. The molecule has 0 spiro atoms. The number of nitro benzene ring substituents is 2. The molecule has 0 bridgehead atoms. The van der Waals surface area contributed by atoms with Crippen LogP contribution in [0.1, 0.15) is 11.4 Å². The quantitative estimate of drug-likeness (QED) is 0.627. The van der Waals surface area contributed by atoms with Crippen molar-refractivity contribution >= 4 is 11.4 Å². The summed E-state index contributed by atoms with van der Waals surface area (Å²) in [6.07, 6.45) is 0. The first-order valence-corrected chi connectivity index (χ1v) is 5.50. The Morgan fingerprint density at radius 1 is 0.947 bits per heavy atom. The summed E-state index contributed by atoms with van der Waals surface area (Å²) in [4.78, 5) is 20.5. The van der Waals surface area contributed by atoms with Crippen LogP contribution in [-0.2, 0) is 0 Å². The Balaban J connectivity index is 2.71. The van der Waals surface area contributed by atoms with Crippen LogP contribution in [0.3, 0.4) is 0 Å². The van der Waals surface area contributed by atoms with Crippen molar-refractivity contribution in [1.82, 2.24) is 4.57 Å². The fraction of sp³-hybridized carbons (Fsp3) is 0.167. The van der Waals surface area contributed by atoms with Crippen LogP contribution in [0.5, 0.6) is 0 Å². The highest BCUT2D eigenvalue weighted by Gasteiger charge is 2.21. The molecule has 0 aliphatic carbocycles. The van der Waals surface area contributed by atoms with Gasteiger partial charge in [-0.1, -0.05) is 0 Å². The number of nitro groups is 2. The lowest BCUT2D eigenvalue weighted by atomic mass is 10.2. The predicted octanol–water partition coefficient (Wildman–Crippen LogP) is 2.91. The lowest BCUT2D eigenvalue weighted by Crippen LogP contribution is -2.04. The van der Waals surface area contributed by atoms with E-state index >= 15 is 0 Å². The molecule has 2 aromatic rings. The minimum atomic E-state index is -0.647. The molecule has 0 N–H and O–H groups in total. The molecule has 0 aliphatic heterocycles. The third-order valence-electron chi connectivity index (χ3n) is 2.88. The summed E-state index contributed by atoms with van der Waals surface area (Å²) in [7, 11) is 0. The van der Waals surface area contributed by atoms with E-state index < -0.39 is 9.85 Å². The van der Waals surface area contributed by atoms with Crippen molar-refractivity contribution in [2.24, 2.45) is 0 Å². The van der Waals surface area contributed by atoms with Crippen molar-refractivity contribution in [3.05, 3.63) is 61.9 Å². The number of benzene rings is 1. The van der Waals surface area contributed by atoms with Gasteiger partial charge >= 0.3 is 0 Å². The zero-order valence-electron chi connectivity index (χ0n) is 10.4. The van der Waals surface area contributed by atoms with Crippen LogP contribution < -0.4 is 0 Å². The summed E-state index contributed by atoms with van der Waals surface area (Å²) in [5, 5.41) is 21.8. The lowest BCUT2D eigenvalue weighted by molar-refractivity contribution is -0.394. The maximum Gasteiger partial charge on any atom is 0.300 e. The first kappa shape index (κ1) is 12.7. The summed E-state index contributed by atoms with van der Waals surface area (Å²) < 4.78 is 1.70. The zero-order chi connectivity index (χ0) is 14.2. The molecule has 7 nitrogen and oxygen atoms in total. The Morgan fingerprint density at radius 3 is 2.00 bits per heavy atom. The highest BCUT2D eigenvalue weighted by Crippen LogP contribution is 2.29. The van der Waals surface area contributed by atoms with Gasteiger partial charge in [-0.25, -0.2) is 0 Å². The molecule has 0 atom stereocenters. The molecule has 0 saturated heterocycles. The highest BCUT2D eigenvalue weighted by atomic mass is 16.6. The van der Waals surface area contributed by atoms with Gasteiger partial charge in [-0.3, -0.25) is 20.2 Å². The Kier molecular flexibility index (Phi) is 3.04. The fourth-order valence-electron chi connectivity index (χ4n) is 2.01. The smallest absolute Gasteiger partial charge is 0.300 e. The topological polar surface area (TPSA) is 91.2 Å². The molecule has 2 rings (SSSR count). The Morgan fingerprint density at radius 2 is 1.53 bits per heavy atom. The van der Waals surface area contributed by atoms with E-state index in [1.165, 1.54) is 12.1 Å². The summed E-state index contributed by atoms with van der Waals surface area (Å²) in [5.41, 5.74) is 1.41. The molecule has 0 unspecified atom stereocenters. The minimum absolute atomic E-state index is 0.281. The molecule has 0 saturated carbocycles. The number of hydrogen-bond donors (Lipinski definition) is 0. The van der Waals surface area contributed by atoms with E-state index in [0.29, 0.717) is 5.69 Å². The lowest BCUT2D eigenvalue weighted by Gasteiger charge is -2.09. The fourth-order valence-corrected chi connectivity index (χ4v) is 2.01. The monoisotopic (exact) mass is 261 g/mol. The van der Waals surface area contributed by atoms with Gasteiger partial charge in [0.1, 0.15) is 5.69 Å². The largest absolute Gasteiger partial charge is 0.313 e. The van der Waals surface area contributed by atoms with Gasteiger partial charge in [-0.15, -0.1) is 0 Å². The van der Waals surface area contributed by atoms with Gasteiger partial charge in [0, 0.05) is 17.5 Å². The first-order chi connectivity index (χ1) is 8.91. The molecule has 19 heavy (non-hydrogen) atoms. The second-order valence-corrected chi connectivity index (χ2v) is 4.14.